The van der Waals surface area contributed by atoms with Gasteiger partial charge in [-0.1, -0.05) is 52.5 Å². The second-order valence-electron chi connectivity index (χ2n) is 4.49. The number of hydrogen-bond acceptors (Lipinski definition) is 2. The standard InChI is InChI=1S/C14H10Cl4O2S/c1-8-5-14(13(18)6-12(8)17)21(19,20)7-9-10(15)3-2-4-11(9)16/h2-6H,7H2,1H3. The van der Waals surface area contributed by atoms with E-state index >= 15 is 0 Å². The Morgan fingerprint density at radius 1 is 0.905 bits per heavy atom. The van der Waals surface area contributed by atoms with Crippen LogP contribution >= 0.6 is 46.4 Å². The number of rotatable bonds is 3. The second kappa shape index (κ2) is 6.35. The summed E-state index contributed by atoms with van der Waals surface area (Å²) in [5.41, 5.74) is 0.981. The number of halogens is 4. The summed E-state index contributed by atoms with van der Waals surface area (Å²) in [4.78, 5) is 0.0158. The fourth-order valence-corrected chi connectivity index (χ4v) is 4.79. The van der Waals surface area contributed by atoms with E-state index in [-0.39, 0.29) is 15.7 Å². The summed E-state index contributed by atoms with van der Waals surface area (Å²) in [6, 6.07) is 7.70. The quantitative estimate of drug-likeness (QED) is 0.692. The Kier molecular flexibility index (Phi) is 5.11. The van der Waals surface area contributed by atoms with Crippen LogP contribution in [-0.2, 0) is 15.6 Å². The highest BCUT2D eigenvalue weighted by molar-refractivity contribution is 7.90. The molecule has 0 unspecified atom stereocenters. The first-order valence-electron chi connectivity index (χ1n) is 5.83. The molecule has 0 atom stereocenters. The largest absolute Gasteiger partial charge is 0.223 e. The minimum Gasteiger partial charge on any atom is -0.223 e. The van der Waals surface area contributed by atoms with Crippen LogP contribution in [0, 0.1) is 6.92 Å². The zero-order valence-electron chi connectivity index (χ0n) is 10.8. The molecule has 0 aliphatic rings. The van der Waals surface area contributed by atoms with E-state index in [4.69, 9.17) is 46.4 Å². The molecule has 2 nitrogen and oxygen atoms in total. The second-order valence-corrected chi connectivity index (χ2v) is 8.08. The zero-order valence-corrected chi connectivity index (χ0v) is 14.7. The van der Waals surface area contributed by atoms with Gasteiger partial charge in [0.05, 0.1) is 15.7 Å². The van der Waals surface area contributed by atoms with Crippen LogP contribution in [0.2, 0.25) is 20.1 Å². The van der Waals surface area contributed by atoms with Gasteiger partial charge in [-0.3, -0.25) is 0 Å². The molecule has 2 aromatic carbocycles. The minimum atomic E-state index is -3.69. The molecule has 21 heavy (non-hydrogen) atoms. The predicted molar refractivity (Wildman–Crippen MR) is 88.6 cm³/mol. The van der Waals surface area contributed by atoms with Crippen molar-refractivity contribution in [3.05, 3.63) is 61.5 Å². The lowest BCUT2D eigenvalue weighted by Gasteiger charge is -2.11. The fourth-order valence-electron chi connectivity index (χ4n) is 1.81. The first-order chi connectivity index (χ1) is 9.72. The number of benzene rings is 2. The average molecular weight is 384 g/mol. The molecule has 0 saturated carbocycles. The minimum absolute atomic E-state index is 0.0158. The Labute approximate surface area is 143 Å². The van der Waals surface area contributed by atoms with Crippen LogP contribution in [0.3, 0.4) is 0 Å². The molecule has 0 fully saturated rings. The molecule has 112 valence electrons. The third kappa shape index (κ3) is 3.66. The summed E-state index contributed by atoms with van der Waals surface area (Å²) in [6.45, 7) is 1.71. The van der Waals surface area contributed by atoms with Crippen molar-refractivity contribution in [2.75, 3.05) is 0 Å². The first-order valence-corrected chi connectivity index (χ1v) is 9.00. The van der Waals surface area contributed by atoms with E-state index in [2.05, 4.69) is 0 Å². The van der Waals surface area contributed by atoms with Crippen molar-refractivity contribution < 1.29 is 8.42 Å². The summed E-state index contributed by atoms with van der Waals surface area (Å²) in [7, 11) is -3.69. The molecular weight excluding hydrogens is 374 g/mol. The van der Waals surface area contributed by atoms with Gasteiger partial charge in [0.25, 0.3) is 0 Å². The van der Waals surface area contributed by atoms with Gasteiger partial charge in [0, 0.05) is 20.6 Å². The number of sulfone groups is 1. The summed E-state index contributed by atoms with van der Waals surface area (Å²) in [5.74, 6) is -0.327. The highest BCUT2D eigenvalue weighted by atomic mass is 35.5. The molecule has 0 aliphatic heterocycles. The SMILES string of the molecule is Cc1cc(S(=O)(=O)Cc2c(Cl)cccc2Cl)c(Cl)cc1Cl. The smallest absolute Gasteiger partial charge is 0.184 e. The summed E-state index contributed by atoms with van der Waals surface area (Å²) in [5, 5.41) is 1.09. The molecule has 0 N–H and O–H groups in total. The van der Waals surface area contributed by atoms with Crippen LogP contribution in [0.15, 0.2) is 35.2 Å². The Morgan fingerprint density at radius 3 is 2.05 bits per heavy atom. The Balaban J connectivity index is 2.51. The van der Waals surface area contributed by atoms with E-state index in [9.17, 15) is 8.42 Å². The molecule has 7 heteroatoms. The lowest BCUT2D eigenvalue weighted by atomic mass is 10.2. The van der Waals surface area contributed by atoms with Gasteiger partial charge in [-0.05, 0) is 36.8 Å². The summed E-state index contributed by atoms with van der Waals surface area (Å²) >= 11 is 24.0. The summed E-state index contributed by atoms with van der Waals surface area (Å²) < 4.78 is 25.1. The van der Waals surface area contributed by atoms with Crippen molar-refractivity contribution in [3.8, 4) is 0 Å². The van der Waals surface area contributed by atoms with Gasteiger partial charge in [-0.15, -0.1) is 0 Å². The van der Waals surface area contributed by atoms with Crippen LogP contribution in [-0.4, -0.2) is 8.42 Å². The Morgan fingerprint density at radius 2 is 1.48 bits per heavy atom. The first kappa shape index (κ1) is 16.9. The van der Waals surface area contributed by atoms with Crippen LogP contribution in [0.4, 0.5) is 0 Å². The molecule has 0 aromatic heterocycles. The molecule has 2 aromatic rings. The lowest BCUT2D eigenvalue weighted by molar-refractivity contribution is 0.595. The number of hydrogen-bond donors (Lipinski definition) is 0. The van der Waals surface area contributed by atoms with Crippen LogP contribution in [0.25, 0.3) is 0 Å². The molecule has 0 aliphatic carbocycles. The fraction of sp³-hybridized carbons (Fsp3) is 0.143. The van der Waals surface area contributed by atoms with Crippen molar-refractivity contribution in [2.24, 2.45) is 0 Å². The van der Waals surface area contributed by atoms with E-state index in [0.717, 1.165) is 0 Å². The predicted octanol–water partition coefficient (Wildman–Crippen LogP) is 5.58. The third-order valence-corrected chi connectivity index (χ3v) is 6.16. The average Bonchev–Trinajstić information content (AvgIpc) is 2.38. The van der Waals surface area contributed by atoms with Gasteiger partial charge in [0.2, 0.25) is 0 Å². The maximum absolute atomic E-state index is 12.5. The van der Waals surface area contributed by atoms with Gasteiger partial charge < -0.3 is 0 Å². The Bertz CT molecular complexity index is 781. The topological polar surface area (TPSA) is 34.1 Å². The molecule has 0 bridgehead atoms. The highest BCUT2D eigenvalue weighted by Gasteiger charge is 2.22. The van der Waals surface area contributed by atoms with Crippen LogP contribution in [0.1, 0.15) is 11.1 Å². The van der Waals surface area contributed by atoms with Crippen molar-refractivity contribution in [1.29, 1.82) is 0 Å². The van der Waals surface area contributed by atoms with Crippen LogP contribution in [0.5, 0.6) is 0 Å². The van der Waals surface area contributed by atoms with Crippen molar-refractivity contribution in [1.82, 2.24) is 0 Å². The molecule has 0 spiro atoms. The number of aryl methyl sites for hydroxylation is 1. The van der Waals surface area contributed by atoms with Gasteiger partial charge in [-0.25, -0.2) is 8.42 Å². The van der Waals surface area contributed by atoms with E-state index in [1.54, 1.807) is 25.1 Å². The lowest BCUT2D eigenvalue weighted by Crippen LogP contribution is -2.07. The van der Waals surface area contributed by atoms with Crippen molar-refractivity contribution in [3.63, 3.8) is 0 Å². The van der Waals surface area contributed by atoms with E-state index in [1.807, 2.05) is 0 Å². The Hall–Kier alpha value is -0.450. The normalized spacial score (nSPS) is 11.7. The molecule has 0 saturated heterocycles. The van der Waals surface area contributed by atoms with Crippen molar-refractivity contribution in [2.45, 2.75) is 17.6 Å². The van der Waals surface area contributed by atoms with Gasteiger partial charge in [0.15, 0.2) is 9.84 Å². The summed E-state index contributed by atoms with van der Waals surface area (Å²) in [6.07, 6.45) is 0. The van der Waals surface area contributed by atoms with E-state index in [1.165, 1.54) is 12.1 Å². The molecule has 0 radical (unpaired) electrons. The van der Waals surface area contributed by atoms with Gasteiger partial charge in [-0.2, -0.15) is 0 Å². The monoisotopic (exact) mass is 382 g/mol. The van der Waals surface area contributed by atoms with Crippen molar-refractivity contribution >= 4 is 56.2 Å². The van der Waals surface area contributed by atoms with Gasteiger partial charge in [0.1, 0.15) is 0 Å². The maximum Gasteiger partial charge on any atom is 0.184 e. The maximum atomic E-state index is 12.5. The third-order valence-electron chi connectivity index (χ3n) is 2.94. The highest BCUT2D eigenvalue weighted by Crippen LogP contribution is 2.33. The zero-order chi connectivity index (χ0) is 15.8. The van der Waals surface area contributed by atoms with Gasteiger partial charge >= 0.3 is 0 Å². The molecule has 0 heterocycles. The molecule has 0 amide bonds. The van der Waals surface area contributed by atoms with Crippen LogP contribution < -0.4 is 0 Å². The molecule has 2 rings (SSSR count). The van der Waals surface area contributed by atoms with E-state index in [0.29, 0.717) is 26.2 Å². The van der Waals surface area contributed by atoms with E-state index < -0.39 is 9.84 Å². The molecular formula is C14H10Cl4O2S.